The second kappa shape index (κ2) is 6.98. The molecule has 6 heteroatoms. The predicted octanol–water partition coefficient (Wildman–Crippen LogP) is 2.86. The van der Waals surface area contributed by atoms with Crippen molar-refractivity contribution >= 4 is 11.8 Å². The van der Waals surface area contributed by atoms with Gasteiger partial charge in [-0.25, -0.2) is 4.39 Å². The summed E-state index contributed by atoms with van der Waals surface area (Å²) in [6.07, 6.45) is 5.50. The van der Waals surface area contributed by atoms with E-state index in [1.165, 1.54) is 0 Å². The van der Waals surface area contributed by atoms with Crippen LogP contribution in [-0.4, -0.2) is 47.6 Å². The molecule has 0 spiro atoms. The average molecular weight is 372 g/mol. The van der Waals surface area contributed by atoms with Gasteiger partial charge in [0.05, 0.1) is 18.7 Å². The quantitative estimate of drug-likeness (QED) is 0.781. The third-order valence-corrected chi connectivity index (χ3v) is 5.86. The number of halogens is 1. The van der Waals surface area contributed by atoms with Crippen LogP contribution in [0.1, 0.15) is 43.0 Å². The number of nitrogens with one attached hydrogen (secondary N) is 1. The van der Waals surface area contributed by atoms with E-state index in [1.807, 2.05) is 13.0 Å². The van der Waals surface area contributed by atoms with Crippen LogP contribution in [0.3, 0.4) is 0 Å². The Labute approximate surface area is 158 Å². The number of benzene rings is 1. The second-order valence-corrected chi connectivity index (χ2v) is 7.74. The van der Waals surface area contributed by atoms with E-state index < -0.39 is 11.6 Å². The van der Waals surface area contributed by atoms with Crippen molar-refractivity contribution in [2.24, 2.45) is 5.92 Å². The van der Waals surface area contributed by atoms with Crippen LogP contribution in [0.15, 0.2) is 36.4 Å². The van der Waals surface area contributed by atoms with Gasteiger partial charge >= 0.3 is 0 Å². The summed E-state index contributed by atoms with van der Waals surface area (Å²) in [5.41, 5.74) is -1.26. The van der Waals surface area contributed by atoms with Gasteiger partial charge in [-0.1, -0.05) is 25.1 Å². The Balaban J connectivity index is 1.39. The van der Waals surface area contributed by atoms with Crippen molar-refractivity contribution in [2.75, 3.05) is 13.2 Å². The maximum absolute atomic E-state index is 14.8. The van der Waals surface area contributed by atoms with Crippen LogP contribution in [0.4, 0.5) is 4.39 Å². The number of hydrogen-bond donors (Lipinski definition) is 1. The number of ether oxygens (including phenoxy) is 1. The zero-order chi connectivity index (χ0) is 19.0. The first-order chi connectivity index (χ1) is 13.0. The van der Waals surface area contributed by atoms with Crippen molar-refractivity contribution in [3.05, 3.63) is 42.0 Å². The molecule has 1 aromatic rings. The van der Waals surface area contributed by atoms with Crippen molar-refractivity contribution in [1.82, 2.24) is 10.2 Å². The van der Waals surface area contributed by atoms with Crippen LogP contribution in [0.5, 0.6) is 5.75 Å². The Bertz CT molecular complexity index is 770. The highest BCUT2D eigenvalue weighted by atomic mass is 19.1. The maximum Gasteiger partial charge on any atom is 0.261 e. The third kappa shape index (κ3) is 3.22. The van der Waals surface area contributed by atoms with Crippen molar-refractivity contribution in [2.45, 2.75) is 50.4 Å². The molecule has 2 aliphatic heterocycles. The van der Waals surface area contributed by atoms with Gasteiger partial charge in [-0.15, -0.1) is 0 Å². The highest BCUT2D eigenvalue weighted by molar-refractivity contribution is 5.95. The number of allylic oxidation sites excluding steroid dienone is 2. The standard InChI is InChI=1S/C21H25FN2O3/c1-2-10-27-16-7-5-6-14(11-16)19(25)23-18-15-12-17(18)24(13-15)20(26)21(22)8-3-4-9-21/h3-7,11,15,17-18H,2,8-10,12-13H2,1H3,(H,23,25)/t15-,17-,18+/m0/s1. The lowest BCUT2D eigenvalue weighted by atomic mass is 9.79. The summed E-state index contributed by atoms with van der Waals surface area (Å²) in [7, 11) is 0. The van der Waals surface area contributed by atoms with E-state index >= 15 is 0 Å². The molecule has 5 rings (SSSR count). The lowest BCUT2D eigenvalue weighted by Gasteiger charge is -2.38. The number of nitrogens with zero attached hydrogens (tertiary/aromatic N) is 1. The Kier molecular flexibility index (Phi) is 4.66. The number of alkyl halides is 1. The van der Waals surface area contributed by atoms with E-state index in [0.29, 0.717) is 24.5 Å². The van der Waals surface area contributed by atoms with Crippen LogP contribution in [0.25, 0.3) is 0 Å². The van der Waals surface area contributed by atoms with Crippen molar-refractivity contribution in [3.8, 4) is 5.75 Å². The Morgan fingerprint density at radius 1 is 1.33 bits per heavy atom. The topological polar surface area (TPSA) is 58.6 Å². The monoisotopic (exact) mass is 372 g/mol. The molecule has 0 aromatic heterocycles. The summed E-state index contributed by atoms with van der Waals surface area (Å²) in [5, 5.41) is 3.04. The van der Waals surface area contributed by atoms with E-state index in [2.05, 4.69) is 5.32 Å². The zero-order valence-corrected chi connectivity index (χ0v) is 15.5. The van der Waals surface area contributed by atoms with Crippen molar-refractivity contribution in [1.29, 1.82) is 0 Å². The Hall–Kier alpha value is -2.37. The zero-order valence-electron chi connectivity index (χ0n) is 15.5. The van der Waals surface area contributed by atoms with Gasteiger partial charge in [0.2, 0.25) is 0 Å². The van der Waals surface area contributed by atoms with Crippen LogP contribution in [0.2, 0.25) is 0 Å². The molecule has 2 bridgehead atoms. The highest BCUT2D eigenvalue weighted by Crippen LogP contribution is 2.44. The minimum atomic E-state index is -1.79. The van der Waals surface area contributed by atoms with E-state index in [1.54, 1.807) is 35.3 Å². The first-order valence-corrected chi connectivity index (χ1v) is 9.70. The molecule has 2 aliphatic carbocycles. The third-order valence-electron chi connectivity index (χ3n) is 5.86. The lowest BCUT2D eigenvalue weighted by Crippen LogP contribution is -2.56. The molecule has 27 heavy (non-hydrogen) atoms. The van der Waals surface area contributed by atoms with E-state index in [-0.39, 0.29) is 36.8 Å². The molecule has 0 radical (unpaired) electrons. The van der Waals surface area contributed by atoms with Crippen molar-refractivity contribution in [3.63, 3.8) is 0 Å². The Morgan fingerprint density at radius 3 is 2.85 bits per heavy atom. The lowest BCUT2D eigenvalue weighted by molar-refractivity contribution is -0.143. The number of carbonyl (C=O) groups is 2. The molecule has 3 atom stereocenters. The van der Waals surface area contributed by atoms with E-state index in [4.69, 9.17) is 4.74 Å². The van der Waals surface area contributed by atoms with Gasteiger partial charge in [0.15, 0.2) is 5.67 Å². The summed E-state index contributed by atoms with van der Waals surface area (Å²) >= 11 is 0. The summed E-state index contributed by atoms with van der Waals surface area (Å²) in [4.78, 5) is 26.9. The van der Waals surface area contributed by atoms with Gasteiger partial charge in [0, 0.05) is 30.9 Å². The predicted molar refractivity (Wildman–Crippen MR) is 99.3 cm³/mol. The van der Waals surface area contributed by atoms with E-state index in [0.717, 1.165) is 12.8 Å². The molecule has 2 heterocycles. The molecular formula is C21H25FN2O3. The van der Waals surface area contributed by atoms with Gasteiger partial charge < -0.3 is 15.0 Å². The fourth-order valence-corrected chi connectivity index (χ4v) is 4.30. The van der Waals surface area contributed by atoms with Crippen LogP contribution >= 0.6 is 0 Å². The van der Waals surface area contributed by atoms with Gasteiger partial charge in [0.1, 0.15) is 5.75 Å². The van der Waals surface area contributed by atoms with Gasteiger partial charge in [-0.3, -0.25) is 9.59 Å². The molecule has 1 saturated carbocycles. The minimum Gasteiger partial charge on any atom is -0.494 e. The molecule has 5 nitrogen and oxygen atoms in total. The van der Waals surface area contributed by atoms with Gasteiger partial charge in [-0.2, -0.15) is 0 Å². The SMILES string of the molecule is CCCOc1cccc(C(=O)N[C@@H]2[C@H]3C[C@@H]2N(C(=O)C2(F)CC=CC2)C3)c1. The first kappa shape index (κ1) is 18.0. The summed E-state index contributed by atoms with van der Waals surface area (Å²) < 4.78 is 20.4. The number of amides is 2. The Morgan fingerprint density at radius 2 is 2.11 bits per heavy atom. The molecule has 144 valence electrons. The van der Waals surface area contributed by atoms with E-state index in [9.17, 15) is 14.0 Å². The molecule has 3 fully saturated rings. The number of rotatable bonds is 6. The van der Waals surface area contributed by atoms with Crippen LogP contribution < -0.4 is 10.1 Å². The molecule has 2 saturated heterocycles. The molecule has 1 aromatic carbocycles. The molecular weight excluding hydrogens is 347 g/mol. The van der Waals surface area contributed by atoms with Gasteiger partial charge in [0.25, 0.3) is 11.8 Å². The number of carbonyl (C=O) groups excluding carboxylic acids is 2. The van der Waals surface area contributed by atoms with Crippen LogP contribution in [0, 0.1) is 5.92 Å². The minimum absolute atomic E-state index is 0.0976. The van der Waals surface area contributed by atoms with Gasteiger partial charge in [-0.05, 0) is 31.0 Å². The normalized spacial score (nSPS) is 27.3. The first-order valence-electron chi connectivity index (χ1n) is 9.70. The maximum atomic E-state index is 14.8. The largest absolute Gasteiger partial charge is 0.494 e. The summed E-state index contributed by atoms with van der Waals surface area (Å²) in [6, 6.07) is 6.91. The number of hydrogen-bond acceptors (Lipinski definition) is 3. The molecule has 0 unspecified atom stereocenters. The second-order valence-electron chi connectivity index (χ2n) is 7.74. The van der Waals surface area contributed by atoms with Crippen molar-refractivity contribution < 1.29 is 18.7 Å². The smallest absolute Gasteiger partial charge is 0.261 e. The van der Waals surface area contributed by atoms with Crippen LogP contribution in [-0.2, 0) is 4.79 Å². The average Bonchev–Trinajstić information content (AvgIpc) is 3.39. The fourth-order valence-electron chi connectivity index (χ4n) is 4.30. The summed E-state index contributed by atoms with van der Waals surface area (Å²) in [6.45, 7) is 3.16. The summed E-state index contributed by atoms with van der Waals surface area (Å²) in [5.74, 6) is 0.279. The number of fused-ring (bicyclic) bond motifs is 1. The highest BCUT2D eigenvalue weighted by Gasteiger charge is 2.57. The molecule has 2 amide bonds. The fraction of sp³-hybridized carbons (Fsp3) is 0.524. The molecule has 1 N–H and O–H groups in total. The molecule has 4 aliphatic rings.